The second-order valence-corrected chi connectivity index (χ2v) is 5.72. The maximum absolute atomic E-state index is 11.8. The van der Waals surface area contributed by atoms with Crippen LogP contribution in [0.3, 0.4) is 0 Å². The summed E-state index contributed by atoms with van der Waals surface area (Å²) in [7, 11) is 4.27. The van der Waals surface area contributed by atoms with Crippen LogP contribution < -0.4 is 0 Å². The van der Waals surface area contributed by atoms with E-state index in [-0.39, 0.29) is 5.92 Å². The van der Waals surface area contributed by atoms with Gasteiger partial charge in [-0.05, 0) is 52.4 Å². The molecule has 1 atom stereocenters. The highest BCUT2D eigenvalue weighted by Gasteiger charge is 2.20. The fraction of sp³-hybridized carbons (Fsp3) is 0.929. The molecule has 1 rings (SSSR count). The number of carbonyl (C=O) groups is 1. The van der Waals surface area contributed by atoms with Gasteiger partial charge in [0.05, 0.1) is 6.54 Å². The van der Waals surface area contributed by atoms with E-state index in [1.807, 2.05) is 6.92 Å². The van der Waals surface area contributed by atoms with Gasteiger partial charge in [0.25, 0.3) is 0 Å². The van der Waals surface area contributed by atoms with Gasteiger partial charge >= 0.3 is 0 Å². The SMILES string of the molecule is CCC(C)C(=O)CN(C)CC1CCN(C)CC1. The van der Waals surface area contributed by atoms with Crippen LogP contribution in [0.4, 0.5) is 0 Å². The minimum absolute atomic E-state index is 0.218. The topological polar surface area (TPSA) is 23.6 Å². The Balaban J connectivity index is 2.25. The summed E-state index contributed by atoms with van der Waals surface area (Å²) < 4.78 is 0. The van der Waals surface area contributed by atoms with Gasteiger partial charge in [-0.15, -0.1) is 0 Å². The monoisotopic (exact) mass is 240 g/mol. The van der Waals surface area contributed by atoms with Crippen molar-refractivity contribution >= 4 is 5.78 Å². The van der Waals surface area contributed by atoms with Crippen LogP contribution in [0.5, 0.6) is 0 Å². The number of ketones is 1. The molecule has 1 heterocycles. The molecule has 1 unspecified atom stereocenters. The Kier molecular flexibility index (Phi) is 6.14. The number of piperidine rings is 1. The second-order valence-electron chi connectivity index (χ2n) is 5.72. The number of carbonyl (C=O) groups excluding carboxylic acids is 1. The maximum atomic E-state index is 11.8. The van der Waals surface area contributed by atoms with Gasteiger partial charge in [0.2, 0.25) is 0 Å². The molecule has 3 nitrogen and oxygen atoms in total. The molecule has 1 saturated heterocycles. The predicted molar refractivity (Wildman–Crippen MR) is 72.2 cm³/mol. The zero-order valence-corrected chi connectivity index (χ0v) is 11.9. The number of likely N-dealkylation sites (N-methyl/N-ethyl adjacent to an activating group) is 1. The lowest BCUT2D eigenvalue weighted by atomic mass is 9.96. The molecule has 0 aliphatic carbocycles. The van der Waals surface area contributed by atoms with E-state index in [0.29, 0.717) is 12.3 Å². The van der Waals surface area contributed by atoms with Gasteiger partial charge in [-0.2, -0.15) is 0 Å². The first-order valence-electron chi connectivity index (χ1n) is 6.92. The van der Waals surface area contributed by atoms with E-state index in [2.05, 4.69) is 30.8 Å². The number of nitrogens with zero attached hydrogens (tertiary/aromatic N) is 2. The van der Waals surface area contributed by atoms with Crippen LogP contribution >= 0.6 is 0 Å². The number of hydrogen-bond acceptors (Lipinski definition) is 3. The molecule has 0 radical (unpaired) electrons. The molecule has 0 aromatic rings. The lowest BCUT2D eigenvalue weighted by Gasteiger charge is -2.31. The molecule has 0 saturated carbocycles. The van der Waals surface area contributed by atoms with Gasteiger partial charge < -0.3 is 4.90 Å². The first kappa shape index (κ1) is 14.7. The molecule has 17 heavy (non-hydrogen) atoms. The third-order valence-corrected chi connectivity index (χ3v) is 4.00. The molecular formula is C14H28N2O. The molecule has 1 aliphatic heterocycles. The van der Waals surface area contributed by atoms with Crippen molar-refractivity contribution in [2.75, 3.05) is 40.3 Å². The first-order valence-corrected chi connectivity index (χ1v) is 6.92. The van der Waals surface area contributed by atoms with Crippen LogP contribution in [0.25, 0.3) is 0 Å². The van der Waals surface area contributed by atoms with Gasteiger partial charge in [0.15, 0.2) is 0 Å². The fourth-order valence-corrected chi connectivity index (χ4v) is 2.40. The Bertz CT molecular complexity index is 234. The van der Waals surface area contributed by atoms with Crippen LogP contribution in [-0.4, -0.2) is 55.9 Å². The van der Waals surface area contributed by atoms with Crippen LogP contribution in [0, 0.1) is 11.8 Å². The molecule has 100 valence electrons. The highest BCUT2D eigenvalue weighted by molar-refractivity contribution is 5.82. The summed E-state index contributed by atoms with van der Waals surface area (Å²) in [6.45, 7) is 8.23. The van der Waals surface area contributed by atoms with Gasteiger partial charge in [0, 0.05) is 12.5 Å². The maximum Gasteiger partial charge on any atom is 0.149 e. The van der Waals surface area contributed by atoms with E-state index < -0.39 is 0 Å². The van der Waals surface area contributed by atoms with Gasteiger partial charge in [-0.25, -0.2) is 0 Å². The van der Waals surface area contributed by atoms with Crippen molar-refractivity contribution < 1.29 is 4.79 Å². The summed E-state index contributed by atoms with van der Waals surface area (Å²) >= 11 is 0. The van der Waals surface area contributed by atoms with Crippen molar-refractivity contribution in [1.29, 1.82) is 0 Å². The van der Waals surface area contributed by atoms with Crippen LogP contribution in [0.2, 0.25) is 0 Å². The Hall–Kier alpha value is -0.410. The molecule has 0 aromatic heterocycles. The van der Waals surface area contributed by atoms with E-state index in [1.165, 1.54) is 25.9 Å². The fourth-order valence-electron chi connectivity index (χ4n) is 2.40. The Morgan fingerprint density at radius 3 is 2.53 bits per heavy atom. The normalized spacial score (nSPS) is 20.8. The number of Topliss-reactive ketones (excluding diaryl/α,β-unsaturated/α-hetero) is 1. The Morgan fingerprint density at radius 1 is 1.41 bits per heavy atom. The van der Waals surface area contributed by atoms with Crippen molar-refractivity contribution in [3.63, 3.8) is 0 Å². The summed E-state index contributed by atoms with van der Waals surface area (Å²) in [6.07, 6.45) is 3.51. The summed E-state index contributed by atoms with van der Waals surface area (Å²) in [5, 5.41) is 0. The average Bonchev–Trinajstić information content (AvgIpc) is 2.30. The average molecular weight is 240 g/mol. The predicted octanol–water partition coefficient (Wildman–Crippen LogP) is 1.88. The van der Waals surface area contributed by atoms with Gasteiger partial charge in [-0.1, -0.05) is 13.8 Å². The smallest absolute Gasteiger partial charge is 0.149 e. The standard InChI is InChI=1S/C14H28N2O/c1-5-12(2)14(17)11-16(4)10-13-6-8-15(3)9-7-13/h12-13H,5-11H2,1-4H3. The minimum Gasteiger partial charge on any atom is -0.306 e. The molecule has 0 spiro atoms. The van der Waals surface area contributed by atoms with Crippen molar-refractivity contribution in [2.24, 2.45) is 11.8 Å². The summed E-state index contributed by atoms with van der Waals surface area (Å²) in [6, 6.07) is 0. The zero-order valence-electron chi connectivity index (χ0n) is 11.9. The molecule has 0 amide bonds. The van der Waals surface area contributed by atoms with Crippen LogP contribution in [0.1, 0.15) is 33.1 Å². The summed E-state index contributed by atoms with van der Waals surface area (Å²) in [5.74, 6) is 1.39. The zero-order chi connectivity index (χ0) is 12.8. The summed E-state index contributed by atoms with van der Waals surface area (Å²) in [4.78, 5) is 16.4. The van der Waals surface area contributed by atoms with E-state index in [4.69, 9.17) is 0 Å². The van der Waals surface area contributed by atoms with Gasteiger partial charge in [-0.3, -0.25) is 9.69 Å². The Labute approximate surface area is 106 Å². The summed E-state index contributed by atoms with van der Waals surface area (Å²) in [5.41, 5.74) is 0. The Morgan fingerprint density at radius 2 is 2.00 bits per heavy atom. The molecule has 0 N–H and O–H groups in total. The molecule has 1 aliphatic rings. The first-order chi connectivity index (χ1) is 8.02. The molecule has 0 aromatic carbocycles. The third kappa shape index (κ3) is 5.17. The number of hydrogen-bond donors (Lipinski definition) is 0. The third-order valence-electron chi connectivity index (χ3n) is 4.00. The lowest BCUT2D eigenvalue weighted by Crippen LogP contribution is -2.38. The van der Waals surface area contributed by atoms with Crippen molar-refractivity contribution in [3.05, 3.63) is 0 Å². The highest BCUT2D eigenvalue weighted by atomic mass is 16.1. The van der Waals surface area contributed by atoms with Gasteiger partial charge in [0.1, 0.15) is 5.78 Å². The molecular weight excluding hydrogens is 212 g/mol. The van der Waals surface area contributed by atoms with Crippen LogP contribution in [-0.2, 0) is 4.79 Å². The van der Waals surface area contributed by atoms with E-state index >= 15 is 0 Å². The molecule has 3 heteroatoms. The molecule has 1 fully saturated rings. The van der Waals surface area contributed by atoms with Crippen molar-refractivity contribution in [2.45, 2.75) is 33.1 Å². The largest absolute Gasteiger partial charge is 0.306 e. The van der Waals surface area contributed by atoms with Crippen LogP contribution in [0.15, 0.2) is 0 Å². The number of likely N-dealkylation sites (tertiary alicyclic amines) is 1. The lowest BCUT2D eigenvalue weighted by molar-refractivity contribution is -0.123. The van der Waals surface area contributed by atoms with Crippen molar-refractivity contribution in [3.8, 4) is 0 Å². The van der Waals surface area contributed by atoms with Crippen molar-refractivity contribution in [1.82, 2.24) is 9.80 Å². The highest BCUT2D eigenvalue weighted by Crippen LogP contribution is 2.17. The van der Waals surface area contributed by atoms with E-state index in [9.17, 15) is 4.79 Å². The molecule has 0 bridgehead atoms. The van der Waals surface area contributed by atoms with E-state index in [0.717, 1.165) is 18.9 Å². The second kappa shape index (κ2) is 7.12. The number of rotatable bonds is 6. The minimum atomic E-state index is 0.218. The van der Waals surface area contributed by atoms with E-state index in [1.54, 1.807) is 0 Å². The quantitative estimate of drug-likeness (QED) is 0.708.